The molecule has 4 aromatic rings. The van der Waals surface area contributed by atoms with E-state index in [0.717, 1.165) is 28.4 Å². The van der Waals surface area contributed by atoms with Crippen LogP contribution in [0, 0.1) is 5.82 Å². The van der Waals surface area contributed by atoms with Crippen molar-refractivity contribution in [2.75, 3.05) is 32.1 Å². The highest BCUT2D eigenvalue weighted by Crippen LogP contribution is 2.31. The zero-order valence-corrected chi connectivity index (χ0v) is 18.5. The highest BCUT2D eigenvalue weighted by molar-refractivity contribution is 7.22. The molecule has 0 aliphatic heterocycles. The summed E-state index contributed by atoms with van der Waals surface area (Å²) in [7, 11) is 4.02. The van der Waals surface area contributed by atoms with E-state index in [1.165, 1.54) is 23.5 Å². The zero-order valence-electron chi connectivity index (χ0n) is 16.8. The molecular weight excluding hydrogens is 421 g/mol. The fraction of sp³-hybridized carbons (Fsp3) is 0.217. The molecule has 0 atom stereocenters. The molecule has 0 fully saturated rings. The van der Waals surface area contributed by atoms with Crippen molar-refractivity contribution in [1.82, 2.24) is 9.88 Å². The van der Waals surface area contributed by atoms with Gasteiger partial charge in [-0.25, -0.2) is 9.37 Å². The summed E-state index contributed by atoms with van der Waals surface area (Å²) in [4.78, 5) is 21.8. The standard InChI is InChI=1S/C23H22FN3OS.ClH/c1-26(2)12-5-13-27(23-25-20-11-10-19(24)15-21(20)29-23)22(28)18-9-8-16-6-3-4-7-17(16)14-18;/h3-4,6-11,14-15H,5,12-13H2,1-2H3;1H. The summed E-state index contributed by atoms with van der Waals surface area (Å²) in [5.41, 5.74) is 1.33. The zero-order chi connectivity index (χ0) is 20.4. The summed E-state index contributed by atoms with van der Waals surface area (Å²) in [6.07, 6.45) is 0.816. The minimum atomic E-state index is -0.298. The minimum Gasteiger partial charge on any atom is -0.309 e. The maximum absolute atomic E-state index is 13.6. The average molecular weight is 444 g/mol. The molecule has 0 unspecified atom stereocenters. The summed E-state index contributed by atoms with van der Waals surface area (Å²) in [5, 5.41) is 2.72. The molecule has 156 valence electrons. The Kier molecular flexibility index (Phi) is 7.02. The van der Waals surface area contributed by atoms with Gasteiger partial charge in [0.05, 0.1) is 10.2 Å². The Morgan fingerprint density at radius 3 is 2.53 bits per heavy atom. The predicted octanol–water partition coefficient (Wildman–Crippen LogP) is 5.61. The van der Waals surface area contributed by atoms with Gasteiger partial charge in [-0.15, -0.1) is 12.4 Å². The monoisotopic (exact) mass is 443 g/mol. The molecule has 4 rings (SSSR count). The van der Waals surface area contributed by atoms with E-state index in [-0.39, 0.29) is 24.1 Å². The Hall–Kier alpha value is -2.54. The van der Waals surface area contributed by atoms with Crippen LogP contribution in [0.25, 0.3) is 21.0 Å². The number of hydrogen-bond acceptors (Lipinski definition) is 4. The molecule has 0 bridgehead atoms. The van der Waals surface area contributed by atoms with E-state index in [2.05, 4.69) is 9.88 Å². The van der Waals surface area contributed by atoms with Crippen molar-refractivity contribution < 1.29 is 9.18 Å². The van der Waals surface area contributed by atoms with Crippen LogP contribution in [0.2, 0.25) is 0 Å². The van der Waals surface area contributed by atoms with Crippen LogP contribution < -0.4 is 4.90 Å². The lowest BCUT2D eigenvalue weighted by Crippen LogP contribution is -2.33. The summed E-state index contributed by atoms with van der Waals surface area (Å²) in [6, 6.07) is 18.2. The van der Waals surface area contributed by atoms with E-state index in [9.17, 15) is 9.18 Å². The van der Waals surface area contributed by atoms with Crippen LogP contribution >= 0.6 is 23.7 Å². The average Bonchev–Trinajstić information content (AvgIpc) is 3.13. The maximum atomic E-state index is 13.6. The van der Waals surface area contributed by atoms with Crippen LogP contribution in [0.5, 0.6) is 0 Å². The molecule has 0 aliphatic rings. The number of anilines is 1. The Morgan fingerprint density at radius 2 is 1.77 bits per heavy atom. The van der Waals surface area contributed by atoms with Gasteiger partial charge in [0.15, 0.2) is 5.13 Å². The quantitative estimate of drug-likeness (QED) is 0.388. The molecule has 0 radical (unpaired) electrons. The molecule has 0 N–H and O–H groups in total. The van der Waals surface area contributed by atoms with Crippen LogP contribution in [0.1, 0.15) is 16.8 Å². The van der Waals surface area contributed by atoms with E-state index in [4.69, 9.17) is 0 Å². The van der Waals surface area contributed by atoms with E-state index < -0.39 is 0 Å². The fourth-order valence-corrected chi connectivity index (χ4v) is 4.32. The highest BCUT2D eigenvalue weighted by Gasteiger charge is 2.21. The van der Waals surface area contributed by atoms with Crippen LogP contribution in [0.4, 0.5) is 9.52 Å². The molecule has 1 heterocycles. The van der Waals surface area contributed by atoms with Crippen LogP contribution in [-0.4, -0.2) is 43.0 Å². The van der Waals surface area contributed by atoms with Gasteiger partial charge in [-0.2, -0.15) is 0 Å². The molecule has 30 heavy (non-hydrogen) atoms. The smallest absolute Gasteiger partial charge is 0.260 e. The number of amides is 1. The summed E-state index contributed by atoms with van der Waals surface area (Å²) in [5.74, 6) is -0.387. The van der Waals surface area contributed by atoms with Gasteiger partial charge in [-0.1, -0.05) is 41.7 Å². The molecule has 0 spiro atoms. The molecule has 3 aromatic carbocycles. The van der Waals surface area contributed by atoms with Crippen molar-refractivity contribution in [1.29, 1.82) is 0 Å². The predicted molar refractivity (Wildman–Crippen MR) is 126 cm³/mol. The summed E-state index contributed by atoms with van der Waals surface area (Å²) in [6.45, 7) is 1.41. The molecule has 0 aliphatic carbocycles. The number of rotatable bonds is 6. The fourth-order valence-electron chi connectivity index (χ4n) is 3.31. The third-order valence-electron chi connectivity index (χ3n) is 4.80. The van der Waals surface area contributed by atoms with Crippen molar-refractivity contribution in [3.63, 3.8) is 0 Å². The first kappa shape index (κ1) is 22.2. The normalized spacial score (nSPS) is 11.1. The topological polar surface area (TPSA) is 36.4 Å². The Balaban J connectivity index is 0.00000256. The number of aromatic nitrogens is 1. The number of carbonyl (C=O) groups excluding carboxylic acids is 1. The molecule has 1 aromatic heterocycles. The number of nitrogens with zero attached hydrogens (tertiary/aromatic N) is 3. The number of fused-ring (bicyclic) bond motifs is 2. The SMILES string of the molecule is CN(C)CCCN(C(=O)c1ccc2ccccc2c1)c1nc2ccc(F)cc2s1.Cl. The molecular formula is C23H23ClFN3OS. The van der Waals surface area contributed by atoms with Crippen LogP contribution in [0.3, 0.4) is 0 Å². The second-order valence-corrected chi connectivity index (χ2v) is 8.29. The van der Waals surface area contributed by atoms with Crippen molar-refractivity contribution >= 4 is 55.8 Å². The van der Waals surface area contributed by atoms with Gasteiger partial charge in [0.2, 0.25) is 0 Å². The molecule has 0 saturated heterocycles. The summed E-state index contributed by atoms with van der Waals surface area (Å²) < 4.78 is 14.3. The lowest BCUT2D eigenvalue weighted by Gasteiger charge is -2.21. The van der Waals surface area contributed by atoms with E-state index in [0.29, 0.717) is 22.8 Å². The van der Waals surface area contributed by atoms with Gasteiger partial charge < -0.3 is 4.90 Å². The molecule has 4 nitrogen and oxygen atoms in total. The highest BCUT2D eigenvalue weighted by atomic mass is 35.5. The van der Waals surface area contributed by atoms with E-state index in [1.807, 2.05) is 56.6 Å². The lowest BCUT2D eigenvalue weighted by atomic mass is 10.1. The number of thiazole rings is 1. The van der Waals surface area contributed by atoms with Gasteiger partial charge >= 0.3 is 0 Å². The molecule has 0 saturated carbocycles. The Bertz CT molecular complexity index is 1180. The van der Waals surface area contributed by atoms with Crippen molar-refractivity contribution in [2.45, 2.75) is 6.42 Å². The Labute approximate surface area is 185 Å². The number of benzene rings is 3. The first-order chi connectivity index (χ1) is 14.0. The second kappa shape index (κ2) is 9.51. The molecule has 7 heteroatoms. The van der Waals surface area contributed by atoms with Gasteiger partial charge in [0.1, 0.15) is 5.82 Å². The van der Waals surface area contributed by atoms with Crippen molar-refractivity contribution in [3.8, 4) is 0 Å². The van der Waals surface area contributed by atoms with Gasteiger partial charge in [-0.05, 0) is 68.2 Å². The van der Waals surface area contributed by atoms with Crippen molar-refractivity contribution in [3.05, 3.63) is 72.0 Å². The van der Waals surface area contributed by atoms with Gasteiger partial charge in [0.25, 0.3) is 5.91 Å². The van der Waals surface area contributed by atoms with E-state index in [1.54, 1.807) is 11.0 Å². The number of carbonyl (C=O) groups is 1. The first-order valence-electron chi connectivity index (χ1n) is 9.53. The van der Waals surface area contributed by atoms with Crippen molar-refractivity contribution in [2.24, 2.45) is 0 Å². The Morgan fingerprint density at radius 1 is 1.00 bits per heavy atom. The molecule has 1 amide bonds. The second-order valence-electron chi connectivity index (χ2n) is 7.28. The minimum absolute atomic E-state index is 0. The summed E-state index contributed by atoms with van der Waals surface area (Å²) >= 11 is 1.35. The number of hydrogen-bond donors (Lipinski definition) is 0. The number of halogens is 2. The van der Waals surface area contributed by atoms with Crippen LogP contribution in [-0.2, 0) is 0 Å². The maximum Gasteiger partial charge on any atom is 0.260 e. The van der Waals surface area contributed by atoms with Gasteiger partial charge in [-0.3, -0.25) is 9.69 Å². The van der Waals surface area contributed by atoms with Gasteiger partial charge in [0, 0.05) is 12.1 Å². The third kappa shape index (κ3) is 4.78. The first-order valence-corrected chi connectivity index (χ1v) is 10.3. The lowest BCUT2D eigenvalue weighted by molar-refractivity contribution is 0.0986. The van der Waals surface area contributed by atoms with E-state index >= 15 is 0 Å². The largest absolute Gasteiger partial charge is 0.309 e. The third-order valence-corrected chi connectivity index (χ3v) is 5.84. The van der Waals surface area contributed by atoms with Crippen LogP contribution in [0.15, 0.2) is 60.7 Å².